The van der Waals surface area contributed by atoms with Crippen LogP contribution in [0.3, 0.4) is 0 Å². The van der Waals surface area contributed by atoms with Crippen molar-refractivity contribution in [3.8, 4) is 11.4 Å². The number of ketones is 1. The van der Waals surface area contributed by atoms with Crippen LogP contribution in [-0.2, 0) is 16.6 Å². The van der Waals surface area contributed by atoms with Gasteiger partial charge in [-0.15, -0.1) is 10.2 Å². The lowest BCUT2D eigenvalue weighted by Gasteiger charge is -2.10. The molecule has 2 heterocycles. The van der Waals surface area contributed by atoms with Crippen LogP contribution in [0.15, 0.2) is 76.5 Å². The van der Waals surface area contributed by atoms with Crippen LogP contribution in [0, 0.1) is 6.92 Å². The molecule has 0 unspecified atom stereocenters. The predicted octanol–water partition coefficient (Wildman–Crippen LogP) is 4.24. The minimum absolute atomic E-state index is 0.0961. The van der Waals surface area contributed by atoms with Crippen LogP contribution in [0.2, 0.25) is 0 Å². The van der Waals surface area contributed by atoms with Gasteiger partial charge in [0.05, 0.1) is 30.4 Å². The maximum atomic E-state index is 12.7. The molecule has 0 saturated heterocycles. The van der Waals surface area contributed by atoms with Crippen LogP contribution >= 0.6 is 11.8 Å². The Bertz CT molecular complexity index is 1360. The number of nitrogens with one attached hydrogen (secondary N) is 1. The van der Waals surface area contributed by atoms with E-state index in [2.05, 4.69) is 14.9 Å². The van der Waals surface area contributed by atoms with Crippen LogP contribution in [0.5, 0.6) is 0 Å². The van der Waals surface area contributed by atoms with Crippen molar-refractivity contribution in [2.75, 3.05) is 16.7 Å². The summed E-state index contributed by atoms with van der Waals surface area (Å²) in [5, 5.41) is 9.33. The summed E-state index contributed by atoms with van der Waals surface area (Å²) in [5.41, 5.74) is 2.83. The molecule has 0 radical (unpaired) electrons. The first-order valence-corrected chi connectivity index (χ1v) is 12.9. The topological polar surface area (TPSA) is 107 Å². The Morgan fingerprint density at radius 2 is 1.79 bits per heavy atom. The Hall–Kier alpha value is -3.37. The standard InChI is InChI=1S/C23H22N4O4S2/c1-16-20(12-13-31-16)22-24-25-23(27(22)14-17-6-4-3-5-7-17)32-15-21(28)18-8-10-19(11-9-18)26-33(2,29)30/h3-13,26H,14-15H2,1-2H3. The van der Waals surface area contributed by atoms with Gasteiger partial charge in [0.15, 0.2) is 16.8 Å². The molecule has 0 aliphatic heterocycles. The third-order valence-electron chi connectivity index (χ3n) is 4.84. The number of thioether (sulfide) groups is 1. The third-order valence-corrected chi connectivity index (χ3v) is 6.42. The van der Waals surface area contributed by atoms with Gasteiger partial charge < -0.3 is 4.42 Å². The maximum absolute atomic E-state index is 12.7. The number of carbonyl (C=O) groups is 1. The first-order chi connectivity index (χ1) is 15.8. The van der Waals surface area contributed by atoms with Crippen molar-refractivity contribution in [1.82, 2.24) is 14.8 Å². The minimum Gasteiger partial charge on any atom is -0.469 e. The number of Topliss-reactive ketones (excluding diaryl/α,β-unsaturated/α-hetero) is 1. The number of aromatic nitrogens is 3. The number of benzene rings is 2. The molecule has 0 spiro atoms. The molecule has 0 bridgehead atoms. The van der Waals surface area contributed by atoms with E-state index >= 15 is 0 Å². The molecule has 33 heavy (non-hydrogen) atoms. The average Bonchev–Trinajstić information content (AvgIpc) is 3.37. The first-order valence-electron chi connectivity index (χ1n) is 10.1. The van der Waals surface area contributed by atoms with E-state index in [1.807, 2.05) is 47.9 Å². The third kappa shape index (κ3) is 5.71. The summed E-state index contributed by atoms with van der Waals surface area (Å²) in [6, 6.07) is 18.1. The monoisotopic (exact) mass is 482 g/mol. The molecule has 0 saturated carbocycles. The molecule has 10 heteroatoms. The molecule has 1 N–H and O–H groups in total. The number of rotatable bonds is 9. The van der Waals surface area contributed by atoms with Gasteiger partial charge in [0.1, 0.15) is 5.76 Å². The number of furan rings is 1. The van der Waals surface area contributed by atoms with Gasteiger partial charge in [0.2, 0.25) is 10.0 Å². The summed E-state index contributed by atoms with van der Waals surface area (Å²) >= 11 is 1.31. The lowest BCUT2D eigenvalue weighted by atomic mass is 10.1. The Labute approximate surface area is 196 Å². The maximum Gasteiger partial charge on any atom is 0.229 e. The number of aryl methyl sites for hydroxylation is 1. The van der Waals surface area contributed by atoms with E-state index < -0.39 is 10.0 Å². The van der Waals surface area contributed by atoms with Crippen LogP contribution in [0.25, 0.3) is 11.4 Å². The molecule has 4 aromatic rings. The number of hydrogen-bond donors (Lipinski definition) is 1. The summed E-state index contributed by atoms with van der Waals surface area (Å²) < 4.78 is 32.5. The van der Waals surface area contributed by atoms with E-state index in [-0.39, 0.29) is 11.5 Å². The van der Waals surface area contributed by atoms with E-state index in [0.717, 1.165) is 23.1 Å². The summed E-state index contributed by atoms with van der Waals surface area (Å²) in [5.74, 6) is 1.49. The fourth-order valence-electron chi connectivity index (χ4n) is 3.27. The number of carbonyl (C=O) groups excluding carboxylic acids is 1. The first kappa shape index (κ1) is 22.8. The molecular formula is C23H22N4O4S2. The van der Waals surface area contributed by atoms with Gasteiger partial charge in [0.25, 0.3) is 0 Å². The van der Waals surface area contributed by atoms with Gasteiger partial charge >= 0.3 is 0 Å². The van der Waals surface area contributed by atoms with Gasteiger partial charge in [-0.1, -0.05) is 42.1 Å². The zero-order valence-electron chi connectivity index (χ0n) is 18.1. The van der Waals surface area contributed by atoms with Crippen LogP contribution in [-0.4, -0.2) is 41.0 Å². The van der Waals surface area contributed by atoms with Crippen LogP contribution in [0.4, 0.5) is 5.69 Å². The SMILES string of the molecule is Cc1occc1-c1nnc(SCC(=O)c2ccc(NS(C)(=O)=O)cc2)n1Cc1ccccc1. The second kappa shape index (κ2) is 9.63. The van der Waals surface area contributed by atoms with Crippen LogP contribution < -0.4 is 4.72 Å². The second-order valence-corrected chi connectivity index (χ2v) is 10.1. The molecule has 8 nitrogen and oxygen atoms in total. The lowest BCUT2D eigenvalue weighted by Crippen LogP contribution is -2.10. The van der Waals surface area contributed by atoms with Crippen molar-refractivity contribution in [3.05, 3.63) is 83.8 Å². The Kier molecular flexibility index (Phi) is 6.66. The number of anilines is 1. The van der Waals surface area contributed by atoms with Gasteiger partial charge in [-0.2, -0.15) is 0 Å². The van der Waals surface area contributed by atoms with E-state index in [0.29, 0.717) is 28.8 Å². The van der Waals surface area contributed by atoms with E-state index in [1.54, 1.807) is 30.5 Å². The highest BCUT2D eigenvalue weighted by atomic mass is 32.2. The number of hydrogen-bond acceptors (Lipinski definition) is 7. The highest BCUT2D eigenvalue weighted by molar-refractivity contribution is 7.99. The Morgan fingerprint density at radius 1 is 1.06 bits per heavy atom. The molecule has 0 amide bonds. The summed E-state index contributed by atoms with van der Waals surface area (Å²) in [7, 11) is -3.37. The summed E-state index contributed by atoms with van der Waals surface area (Å²) in [6.45, 7) is 2.42. The predicted molar refractivity (Wildman–Crippen MR) is 128 cm³/mol. The smallest absolute Gasteiger partial charge is 0.229 e. The average molecular weight is 483 g/mol. The largest absolute Gasteiger partial charge is 0.469 e. The van der Waals surface area contributed by atoms with Gasteiger partial charge in [0, 0.05) is 11.3 Å². The number of nitrogens with zero attached hydrogens (tertiary/aromatic N) is 3. The highest BCUT2D eigenvalue weighted by Crippen LogP contribution is 2.28. The fourth-order valence-corrected chi connectivity index (χ4v) is 4.67. The van der Waals surface area contributed by atoms with Gasteiger partial charge in [-0.25, -0.2) is 8.42 Å². The zero-order chi connectivity index (χ0) is 23.4. The van der Waals surface area contributed by atoms with E-state index in [1.165, 1.54) is 11.8 Å². The van der Waals surface area contributed by atoms with Crippen molar-refractivity contribution >= 4 is 33.3 Å². The molecule has 170 valence electrons. The molecule has 0 atom stereocenters. The molecule has 0 fully saturated rings. The quantitative estimate of drug-likeness (QED) is 0.281. The molecule has 0 aliphatic rings. The second-order valence-electron chi connectivity index (χ2n) is 7.43. The van der Waals surface area contributed by atoms with Crippen molar-refractivity contribution in [2.24, 2.45) is 0 Å². The van der Waals surface area contributed by atoms with Gasteiger partial charge in [-0.3, -0.25) is 14.1 Å². The van der Waals surface area contributed by atoms with E-state index in [4.69, 9.17) is 4.42 Å². The normalized spacial score (nSPS) is 11.5. The van der Waals surface area contributed by atoms with Crippen molar-refractivity contribution in [2.45, 2.75) is 18.6 Å². The molecule has 2 aromatic carbocycles. The van der Waals surface area contributed by atoms with E-state index in [9.17, 15) is 13.2 Å². The highest BCUT2D eigenvalue weighted by Gasteiger charge is 2.19. The van der Waals surface area contributed by atoms with Gasteiger partial charge in [-0.05, 0) is 42.8 Å². The van der Waals surface area contributed by atoms with Crippen LogP contribution in [0.1, 0.15) is 21.7 Å². The molecule has 4 rings (SSSR count). The molecule has 2 aromatic heterocycles. The summed E-state index contributed by atoms with van der Waals surface area (Å²) in [4.78, 5) is 12.7. The summed E-state index contributed by atoms with van der Waals surface area (Å²) in [6.07, 6.45) is 2.69. The Balaban J connectivity index is 1.53. The number of sulfonamides is 1. The fraction of sp³-hybridized carbons (Fsp3) is 0.174. The molecular weight excluding hydrogens is 460 g/mol. The van der Waals surface area contributed by atoms with Crippen molar-refractivity contribution in [3.63, 3.8) is 0 Å². The lowest BCUT2D eigenvalue weighted by molar-refractivity contribution is 0.102. The minimum atomic E-state index is -3.37. The van der Waals surface area contributed by atoms with Crippen molar-refractivity contribution < 1.29 is 17.6 Å². The van der Waals surface area contributed by atoms with Crippen molar-refractivity contribution in [1.29, 1.82) is 0 Å². The molecule has 0 aliphatic carbocycles. The zero-order valence-corrected chi connectivity index (χ0v) is 19.7. The Morgan fingerprint density at radius 3 is 2.42 bits per heavy atom.